The molecule has 1 saturated heterocycles. The van der Waals surface area contributed by atoms with Gasteiger partial charge in [-0.3, -0.25) is 4.79 Å². The van der Waals surface area contributed by atoms with Crippen LogP contribution < -0.4 is 10.6 Å². The first-order valence-electron chi connectivity index (χ1n) is 6.02. The van der Waals surface area contributed by atoms with Crippen LogP contribution in [-0.4, -0.2) is 36.7 Å². The van der Waals surface area contributed by atoms with E-state index in [1.54, 1.807) is 18.2 Å². The van der Waals surface area contributed by atoms with Gasteiger partial charge in [-0.1, -0.05) is 6.07 Å². The quantitative estimate of drug-likeness (QED) is 0.896. The number of carbonyl (C=O) groups excluding carboxylic acids is 1. The van der Waals surface area contributed by atoms with Gasteiger partial charge in [0.1, 0.15) is 5.52 Å². The number of hydrogen-bond acceptors (Lipinski definition) is 5. The third-order valence-electron chi connectivity index (χ3n) is 3.60. The fourth-order valence-corrected chi connectivity index (χ4v) is 2.10. The van der Waals surface area contributed by atoms with Gasteiger partial charge in [0, 0.05) is 7.05 Å². The predicted octanol–water partition coefficient (Wildman–Crippen LogP) is 1.15. The number of hydrogen-bond donors (Lipinski definition) is 1. The van der Waals surface area contributed by atoms with Gasteiger partial charge in [-0.05, 0) is 19.1 Å². The van der Waals surface area contributed by atoms with E-state index in [9.17, 15) is 4.79 Å². The van der Waals surface area contributed by atoms with E-state index in [1.807, 2.05) is 11.9 Å². The van der Waals surface area contributed by atoms with Crippen LogP contribution in [-0.2, 0) is 4.74 Å². The van der Waals surface area contributed by atoms with Crippen LogP contribution in [0.15, 0.2) is 22.6 Å². The Balaban J connectivity index is 2.06. The molecule has 6 nitrogen and oxygen atoms in total. The summed E-state index contributed by atoms with van der Waals surface area (Å²) < 4.78 is 10.9. The molecule has 0 spiro atoms. The van der Waals surface area contributed by atoms with Crippen molar-refractivity contribution in [3.63, 3.8) is 0 Å². The van der Waals surface area contributed by atoms with Crippen molar-refractivity contribution in [2.75, 3.05) is 25.2 Å². The Labute approximate surface area is 110 Å². The first-order chi connectivity index (χ1) is 9.01. The van der Waals surface area contributed by atoms with Crippen molar-refractivity contribution in [3.05, 3.63) is 23.8 Å². The van der Waals surface area contributed by atoms with Crippen molar-refractivity contribution in [2.24, 2.45) is 5.73 Å². The molecule has 6 heteroatoms. The van der Waals surface area contributed by atoms with E-state index in [-0.39, 0.29) is 5.54 Å². The molecule has 0 atom stereocenters. The highest BCUT2D eigenvalue weighted by Crippen LogP contribution is 2.31. The number of fused-ring (bicyclic) bond motifs is 1. The first kappa shape index (κ1) is 12.0. The van der Waals surface area contributed by atoms with Crippen LogP contribution in [0.1, 0.15) is 17.3 Å². The molecule has 0 unspecified atom stereocenters. The minimum atomic E-state index is -0.508. The number of nitrogens with two attached hydrogens (primary N) is 1. The number of benzene rings is 1. The number of aromatic nitrogens is 1. The fraction of sp³-hybridized carbons (Fsp3) is 0.385. The van der Waals surface area contributed by atoms with Gasteiger partial charge in [-0.2, -0.15) is 4.98 Å². The lowest BCUT2D eigenvalue weighted by Gasteiger charge is -2.44. The van der Waals surface area contributed by atoms with E-state index in [1.165, 1.54) is 0 Å². The number of ether oxygens (including phenoxy) is 1. The largest absolute Gasteiger partial charge is 0.423 e. The Morgan fingerprint density at radius 3 is 2.79 bits per heavy atom. The number of carbonyl (C=O) groups is 1. The van der Waals surface area contributed by atoms with Crippen molar-refractivity contribution >= 4 is 23.0 Å². The zero-order valence-electron chi connectivity index (χ0n) is 10.8. The zero-order chi connectivity index (χ0) is 13.6. The summed E-state index contributed by atoms with van der Waals surface area (Å²) in [6.45, 7) is 3.33. The molecule has 19 heavy (non-hydrogen) atoms. The third kappa shape index (κ3) is 1.76. The molecule has 0 saturated carbocycles. The van der Waals surface area contributed by atoms with Crippen LogP contribution in [0.3, 0.4) is 0 Å². The minimum Gasteiger partial charge on any atom is -0.423 e. The Morgan fingerprint density at radius 1 is 1.47 bits per heavy atom. The van der Waals surface area contributed by atoms with Crippen LogP contribution in [0.4, 0.5) is 6.01 Å². The smallest absolute Gasteiger partial charge is 0.298 e. The lowest BCUT2D eigenvalue weighted by molar-refractivity contribution is -0.0471. The summed E-state index contributed by atoms with van der Waals surface area (Å²) in [5.74, 6) is -0.508. The molecule has 1 fully saturated rings. The van der Waals surface area contributed by atoms with Gasteiger partial charge in [0.15, 0.2) is 5.58 Å². The second kappa shape index (κ2) is 3.96. The Morgan fingerprint density at radius 2 is 2.21 bits per heavy atom. The van der Waals surface area contributed by atoms with E-state index >= 15 is 0 Å². The summed E-state index contributed by atoms with van der Waals surface area (Å²) in [6.07, 6.45) is 0. The van der Waals surface area contributed by atoms with E-state index in [2.05, 4.69) is 11.9 Å². The first-order valence-corrected chi connectivity index (χ1v) is 6.02. The molecule has 1 amide bonds. The Hall–Kier alpha value is -2.08. The number of amides is 1. The summed E-state index contributed by atoms with van der Waals surface area (Å²) in [5, 5.41) is 0. The topological polar surface area (TPSA) is 81.6 Å². The van der Waals surface area contributed by atoms with Crippen molar-refractivity contribution in [1.82, 2.24) is 4.98 Å². The number of oxazole rings is 1. The third-order valence-corrected chi connectivity index (χ3v) is 3.60. The summed E-state index contributed by atoms with van der Waals surface area (Å²) in [4.78, 5) is 17.7. The average Bonchev–Trinajstić information content (AvgIpc) is 2.78. The van der Waals surface area contributed by atoms with Crippen LogP contribution in [0.2, 0.25) is 0 Å². The highest BCUT2D eigenvalue weighted by molar-refractivity contribution is 6.03. The molecular formula is C13H15N3O3. The summed E-state index contributed by atoms with van der Waals surface area (Å²) >= 11 is 0. The van der Waals surface area contributed by atoms with Crippen molar-refractivity contribution < 1.29 is 13.9 Å². The molecule has 1 aliphatic heterocycles. The van der Waals surface area contributed by atoms with Crippen molar-refractivity contribution in [2.45, 2.75) is 12.5 Å². The normalized spacial score (nSPS) is 17.2. The molecule has 0 aliphatic carbocycles. The van der Waals surface area contributed by atoms with Gasteiger partial charge in [0.2, 0.25) is 0 Å². The lowest BCUT2D eigenvalue weighted by atomic mass is 9.99. The molecule has 0 bridgehead atoms. The van der Waals surface area contributed by atoms with E-state index < -0.39 is 5.91 Å². The van der Waals surface area contributed by atoms with Gasteiger partial charge < -0.3 is 19.8 Å². The second-order valence-electron chi connectivity index (χ2n) is 5.06. The number of anilines is 1. The highest BCUT2D eigenvalue weighted by Gasteiger charge is 2.39. The van der Waals surface area contributed by atoms with E-state index in [4.69, 9.17) is 14.9 Å². The van der Waals surface area contributed by atoms with Crippen molar-refractivity contribution in [3.8, 4) is 0 Å². The Bertz CT molecular complexity index is 646. The zero-order valence-corrected chi connectivity index (χ0v) is 10.8. The molecule has 0 radical (unpaired) electrons. The van der Waals surface area contributed by atoms with Gasteiger partial charge in [0.25, 0.3) is 11.9 Å². The van der Waals surface area contributed by atoms with Crippen molar-refractivity contribution in [1.29, 1.82) is 0 Å². The van der Waals surface area contributed by atoms with E-state index in [0.29, 0.717) is 35.9 Å². The van der Waals surface area contributed by atoms with Crippen LogP contribution in [0.5, 0.6) is 0 Å². The maximum Gasteiger partial charge on any atom is 0.298 e. The number of likely N-dealkylation sites (N-methyl/N-ethyl adjacent to an activating group) is 1. The summed E-state index contributed by atoms with van der Waals surface area (Å²) in [5.41, 5.74) is 6.65. The standard InChI is InChI=1S/C13H15N3O3/c1-13(6-18-7-13)16(2)12-15-10-8(11(14)17)4-3-5-9(10)19-12/h3-5H,6-7H2,1-2H3,(H2,14,17). The number of nitrogens with zero attached hydrogens (tertiary/aromatic N) is 2. The minimum absolute atomic E-state index is 0.117. The van der Waals surface area contributed by atoms with Gasteiger partial charge in [0.05, 0.1) is 24.3 Å². The molecule has 3 rings (SSSR count). The molecule has 2 heterocycles. The van der Waals surface area contributed by atoms with Crippen LogP contribution in [0, 0.1) is 0 Å². The van der Waals surface area contributed by atoms with Gasteiger partial charge in [-0.25, -0.2) is 0 Å². The molecule has 1 aliphatic rings. The Kier molecular flexibility index (Phi) is 2.50. The molecule has 2 N–H and O–H groups in total. The molecular weight excluding hydrogens is 246 g/mol. The fourth-order valence-electron chi connectivity index (χ4n) is 2.10. The molecule has 100 valence electrons. The maximum absolute atomic E-state index is 11.4. The van der Waals surface area contributed by atoms with Gasteiger partial charge in [-0.15, -0.1) is 0 Å². The number of para-hydroxylation sites is 1. The van der Waals surface area contributed by atoms with E-state index in [0.717, 1.165) is 0 Å². The van der Waals surface area contributed by atoms with Crippen LogP contribution in [0.25, 0.3) is 11.1 Å². The second-order valence-corrected chi connectivity index (χ2v) is 5.06. The SMILES string of the molecule is CN(c1nc2c(C(N)=O)cccc2o1)C1(C)COC1. The molecule has 1 aromatic heterocycles. The summed E-state index contributed by atoms with van der Waals surface area (Å²) in [7, 11) is 1.90. The number of primary amides is 1. The monoisotopic (exact) mass is 261 g/mol. The predicted molar refractivity (Wildman–Crippen MR) is 70.2 cm³/mol. The highest BCUT2D eigenvalue weighted by atomic mass is 16.5. The molecule has 1 aromatic carbocycles. The summed E-state index contributed by atoms with van der Waals surface area (Å²) in [6, 6.07) is 5.61. The lowest BCUT2D eigenvalue weighted by Crippen LogP contribution is -2.59. The average molecular weight is 261 g/mol. The molecule has 2 aromatic rings. The maximum atomic E-state index is 11.4. The van der Waals surface area contributed by atoms with Crippen LogP contribution >= 0.6 is 0 Å². The van der Waals surface area contributed by atoms with Gasteiger partial charge >= 0.3 is 0 Å². The number of rotatable bonds is 3.